The van der Waals surface area contributed by atoms with Crippen molar-refractivity contribution >= 4 is 27.6 Å². The first-order chi connectivity index (χ1) is 13.2. The molecule has 28 heavy (non-hydrogen) atoms. The van der Waals surface area contributed by atoms with Crippen molar-refractivity contribution in [3.63, 3.8) is 0 Å². The van der Waals surface area contributed by atoms with Crippen LogP contribution in [0.4, 0.5) is 5.69 Å². The monoisotopic (exact) mass is 408 g/mol. The summed E-state index contributed by atoms with van der Waals surface area (Å²) in [6, 6.07) is 7.36. The van der Waals surface area contributed by atoms with Crippen LogP contribution in [-0.4, -0.2) is 44.3 Å². The van der Waals surface area contributed by atoms with Crippen LogP contribution in [0.1, 0.15) is 35.7 Å². The Labute approximate surface area is 164 Å². The first-order valence-electron chi connectivity index (χ1n) is 8.83. The maximum Gasteiger partial charge on any atom is 0.342 e. The van der Waals surface area contributed by atoms with Gasteiger partial charge in [0.25, 0.3) is 5.91 Å². The van der Waals surface area contributed by atoms with Gasteiger partial charge in [-0.25, -0.2) is 13.2 Å². The van der Waals surface area contributed by atoms with Gasteiger partial charge in [0.1, 0.15) is 17.1 Å². The number of aryl methyl sites for hydroxylation is 2. The predicted octanol–water partition coefficient (Wildman–Crippen LogP) is 2.72. The normalized spacial score (nSPS) is 11.5. The van der Waals surface area contributed by atoms with Gasteiger partial charge >= 0.3 is 5.97 Å². The highest BCUT2D eigenvalue weighted by atomic mass is 32.2. The SMILES string of the molecule is CCN(CC)S(=O)(=O)c1ccc(NC(=O)COC(=O)c2cc(C)oc2C)cc1. The lowest BCUT2D eigenvalue weighted by atomic mass is 10.2. The molecule has 0 fully saturated rings. The van der Waals surface area contributed by atoms with Crippen LogP contribution in [0.15, 0.2) is 39.6 Å². The second kappa shape index (κ2) is 9.03. The number of nitrogens with one attached hydrogen (secondary N) is 1. The molecule has 1 N–H and O–H groups in total. The number of anilines is 1. The molecule has 2 rings (SSSR count). The first kappa shape index (κ1) is 21.6. The molecule has 1 aromatic carbocycles. The van der Waals surface area contributed by atoms with E-state index in [1.807, 2.05) is 0 Å². The van der Waals surface area contributed by atoms with Crippen LogP contribution in [0.25, 0.3) is 0 Å². The summed E-state index contributed by atoms with van der Waals surface area (Å²) in [5.41, 5.74) is 0.672. The van der Waals surface area contributed by atoms with Crippen molar-refractivity contribution in [1.82, 2.24) is 4.31 Å². The van der Waals surface area contributed by atoms with E-state index in [0.29, 0.717) is 30.3 Å². The molecule has 0 aliphatic rings. The molecular weight excluding hydrogens is 384 g/mol. The van der Waals surface area contributed by atoms with E-state index >= 15 is 0 Å². The molecule has 0 spiro atoms. The molecule has 1 heterocycles. The van der Waals surface area contributed by atoms with Gasteiger partial charge in [0.2, 0.25) is 10.0 Å². The predicted molar refractivity (Wildman–Crippen MR) is 104 cm³/mol. The number of amides is 1. The van der Waals surface area contributed by atoms with Crippen LogP contribution in [0.2, 0.25) is 0 Å². The van der Waals surface area contributed by atoms with Gasteiger partial charge < -0.3 is 14.5 Å². The molecule has 0 radical (unpaired) electrons. The van der Waals surface area contributed by atoms with Gasteiger partial charge in [-0.2, -0.15) is 4.31 Å². The Morgan fingerprint density at radius 3 is 2.21 bits per heavy atom. The number of hydrogen-bond acceptors (Lipinski definition) is 6. The Kier molecular flexibility index (Phi) is 6.98. The maximum absolute atomic E-state index is 12.4. The average Bonchev–Trinajstić information content (AvgIpc) is 2.99. The largest absolute Gasteiger partial charge is 0.466 e. The van der Waals surface area contributed by atoms with Crippen LogP contribution in [0, 0.1) is 13.8 Å². The minimum Gasteiger partial charge on any atom is -0.466 e. The molecule has 0 aliphatic carbocycles. The zero-order valence-corrected chi connectivity index (χ0v) is 17.1. The Hall–Kier alpha value is -2.65. The summed E-state index contributed by atoms with van der Waals surface area (Å²) in [4.78, 5) is 24.1. The quantitative estimate of drug-likeness (QED) is 0.673. The molecule has 9 heteroatoms. The van der Waals surface area contributed by atoms with E-state index in [1.165, 1.54) is 28.6 Å². The van der Waals surface area contributed by atoms with Gasteiger partial charge in [-0.15, -0.1) is 0 Å². The number of esters is 1. The molecule has 0 saturated carbocycles. The lowest BCUT2D eigenvalue weighted by molar-refractivity contribution is -0.119. The van der Waals surface area contributed by atoms with Gasteiger partial charge in [0.05, 0.1) is 4.90 Å². The number of sulfonamides is 1. The van der Waals surface area contributed by atoms with Crippen LogP contribution in [0.5, 0.6) is 0 Å². The number of rotatable bonds is 8. The van der Waals surface area contributed by atoms with Crippen LogP contribution >= 0.6 is 0 Å². The minimum absolute atomic E-state index is 0.145. The van der Waals surface area contributed by atoms with E-state index in [4.69, 9.17) is 9.15 Å². The summed E-state index contributed by atoms with van der Waals surface area (Å²) in [6.45, 7) is 7.16. The van der Waals surface area contributed by atoms with Gasteiger partial charge in [-0.3, -0.25) is 4.79 Å². The van der Waals surface area contributed by atoms with Crippen molar-refractivity contribution in [3.8, 4) is 0 Å². The Balaban J connectivity index is 1.96. The van der Waals surface area contributed by atoms with E-state index in [0.717, 1.165) is 0 Å². The molecule has 1 aromatic heterocycles. The Bertz CT molecular complexity index is 943. The lowest BCUT2D eigenvalue weighted by Crippen LogP contribution is -2.30. The third-order valence-corrected chi connectivity index (χ3v) is 6.14. The molecule has 0 saturated heterocycles. The molecule has 2 aromatic rings. The number of carbonyl (C=O) groups excluding carboxylic acids is 2. The standard InChI is InChI=1S/C19H24N2O6S/c1-5-21(6-2)28(24,25)16-9-7-15(8-10-16)20-18(22)12-26-19(23)17-11-13(3)27-14(17)4/h7-11H,5-6,12H2,1-4H3,(H,20,22). The number of ether oxygens (including phenoxy) is 1. The third kappa shape index (κ3) is 4.99. The van der Waals surface area contributed by atoms with E-state index < -0.39 is 28.5 Å². The third-order valence-electron chi connectivity index (χ3n) is 4.08. The summed E-state index contributed by atoms with van der Waals surface area (Å²) in [5.74, 6) is -0.183. The zero-order chi connectivity index (χ0) is 20.9. The minimum atomic E-state index is -3.56. The molecular formula is C19H24N2O6S. The highest BCUT2D eigenvalue weighted by molar-refractivity contribution is 7.89. The second-order valence-corrected chi connectivity index (χ2v) is 8.00. The van der Waals surface area contributed by atoms with Crippen molar-refractivity contribution < 1.29 is 27.2 Å². The van der Waals surface area contributed by atoms with Gasteiger partial charge in [-0.1, -0.05) is 13.8 Å². The topological polar surface area (TPSA) is 106 Å². The summed E-state index contributed by atoms with van der Waals surface area (Å²) in [7, 11) is -3.56. The van der Waals surface area contributed by atoms with E-state index in [2.05, 4.69) is 5.32 Å². The molecule has 0 aliphatic heterocycles. The number of carbonyl (C=O) groups is 2. The maximum atomic E-state index is 12.4. The summed E-state index contributed by atoms with van der Waals surface area (Å²) in [6.07, 6.45) is 0. The highest BCUT2D eigenvalue weighted by Gasteiger charge is 2.21. The number of furan rings is 1. The molecule has 8 nitrogen and oxygen atoms in total. The smallest absolute Gasteiger partial charge is 0.342 e. The van der Waals surface area contributed by atoms with Crippen LogP contribution in [0.3, 0.4) is 0 Å². The fourth-order valence-electron chi connectivity index (χ4n) is 2.66. The Morgan fingerprint density at radius 2 is 1.71 bits per heavy atom. The summed E-state index contributed by atoms with van der Waals surface area (Å²) in [5, 5.41) is 2.56. The first-order valence-corrected chi connectivity index (χ1v) is 10.3. The summed E-state index contributed by atoms with van der Waals surface area (Å²) >= 11 is 0. The summed E-state index contributed by atoms with van der Waals surface area (Å²) < 4.78 is 36.5. The highest BCUT2D eigenvalue weighted by Crippen LogP contribution is 2.18. The zero-order valence-electron chi connectivity index (χ0n) is 16.3. The molecule has 0 bridgehead atoms. The van der Waals surface area contributed by atoms with Crippen LogP contribution < -0.4 is 5.32 Å². The number of benzene rings is 1. The lowest BCUT2D eigenvalue weighted by Gasteiger charge is -2.18. The van der Waals surface area contributed by atoms with Crippen LogP contribution in [-0.2, 0) is 19.6 Å². The van der Waals surface area contributed by atoms with E-state index in [-0.39, 0.29) is 10.5 Å². The molecule has 0 unspecified atom stereocenters. The molecule has 1 amide bonds. The molecule has 0 atom stereocenters. The fourth-order valence-corrected chi connectivity index (χ4v) is 4.12. The second-order valence-electron chi connectivity index (χ2n) is 6.06. The van der Waals surface area contributed by atoms with Crippen molar-refractivity contribution in [2.45, 2.75) is 32.6 Å². The van der Waals surface area contributed by atoms with Crippen molar-refractivity contribution in [2.75, 3.05) is 25.0 Å². The van der Waals surface area contributed by atoms with Crippen molar-refractivity contribution in [1.29, 1.82) is 0 Å². The van der Waals surface area contributed by atoms with Crippen molar-refractivity contribution in [3.05, 3.63) is 47.4 Å². The van der Waals surface area contributed by atoms with E-state index in [1.54, 1.807) is 33.8 Å². The number of nitrogens with zero attached hydrogens (tertiary/aromatic N) is 1. The van der Waals surface area contributed by atoms with Gasteiger partial charge in [0, 0.05) is 18.8 Å². The average molecular weight is 408 g/mol. The van der Waals surface area contributed by atoms with Gasteiger partial charge in [0.15, 0.2) is 6.61 Å². The van der Waals surface area contributed by atoms with E-state index in [9.17, 15) is 18.0 Å². The Morgan fingerprint density at radius 1 is 1.11 bits per heavy atom. The van der Waals surface area contributed by atoms with Crippen molar-refractivity contribution in [2.24, 2.45) is 0 Å². The number of hydrogen-bond donors (Lipinski definition) is 1. The van der Waals surface area contributed by atoms with Gasteiger partial charge in [-0.05, 0) is 44.2 Å². The fraction of sp³-hybridized carbons (Fsp3) is 0.368. The molecule has 152 valence electrons.